The molecule has 7 heteroatoms. The molecule has 1 aromatic rings. The van der Waals surface area contributed by atoms with Gasteiger partial charge in [0.25, 0.3) is 5.56 Å². The van der Waals surface area contributed by atoms with E-state index in [-0.39, 0.29) is 42.4 Å². The number of likely N-dealkylation sites (tertiary alicyclic amines) is 1. The number of hydrogen-bond acceptors (Lipinski definition) is 4. The van der Waals surface area contributed by atoms with Crippen molar-refractivity contribution in [2.45, 2.75) is 52.2 Å². The first-order chi connectivity index (χ1) is 13.5. The lowest BCUT2D eigenvalue weighted by atomic mass is 9.88. The minimum atomic E-state index is -0.710. The van der Waals surface area contributed by atoms with Crippen LogP contribution < -0.4 is 10.9 Å². The number of aromatic nitrogens is 1. The number of nitrogens with one attached hydrogen (secondary N) is 1. The Hall–Kier alpha value is -2.41. The molecule has 2 aliphatic heterocycles. The largest absolute Gasteiger partial charge is 0.396 e. The van der Waals surface area contributed by atoms with Crippen LogP contribution in [0.25, 0.3) is 6.08 Å². The van der Waals surface area contributed by atoms with E-state index < -0.39 is 12.0 Å². The monoisotopic (exact) mass is 387 g/mol. The normalized spacial score (nSPS) is 25.8. The van der Waals surface area contributed by atoms with Crippen LogP contribution in [0.1, 0.15) is 50.9 Å². The number of rotatable bonds is 6. The van der Waals surface area contributed by atoms with E-state index in [1.54, 1.807) is 28.5 Å². The fourth-order valence-corrected chi connectivity index (χ4v) is 4.63. The summed E-state index contributed by atoms with van der Waals surface area (Å²) >= 11 is 0. The topological polar surface area (TPSA) is 91.6 Å². The van der Waals surface area contributed by atoms with Crippen molar-refractivity contribution in [3.8, 4) is 0 Å². The van der Waals surface area contributed by atoms with Gasteiger partial charge in [0, 0.05) is 49.2 Å². The van der Waals surface area contributed by atoms with Crippen LogP contribution in [0.2, 0.25) is 0 Å². The molecule has 0 bridgehead atoms. The van der Waals surface area contributed by atoms with E-state index in [9.17, 15) is 19.5 Å². The molecule has 0 unspecified atom stereocenters. The first-order valence-electron chi connectivity index (χ1n) is 10.1. The highest BCUT2D eigenvalue weighted by Crippen LogP contribution is 2.49. The van der Waals surface area contributed by atoms with Crippen molar-refractivity contribution in [3.63, 3.8) is 0 Å². The van der Waals surface area contributed by atoms with E-state index in [4.69, 9.17) is 0 Å². The summed E-state index contributed by atoms with van der Waals surface area (Å²) in [5, 5.41) is 13.0. The number of carbonyl (C=O) groups is 2. The molecule has 2 aliphatic rings. The third-order valence-electron chi connectivity index (χ3n) is 5.86. The molecule has 2 N–H and O–H groups in total. The van der Waals surface area contributed by atoms with Crippen molar-refractivity contribution < 1.29 is 14.7 Å². The van der Waals surface area contributed by atoms with Crippen LogP contribution in [0.5, 0.6) is 0 Å². The maximum Gasteiger partial charge on any atom is 0.258 e. The van der Waals surface area contributed by atoms with Crippen LogP contribution in [-0.4, -0.2) is 45.6 Å². The summed E-state index contributed by atoms with van der Waals surface area (Å²) in [5.74, 6) is -0.925. The molecule has 0 aromatic carbocycles. The van der Waals surface area contributed by atoms with Crippen LogP contribution in [0.3, 0.4) is 0 Å². The number of carbonyl (C=O) groups excluding carboxylic acids is 2. The van der Waals surface area contributed by atoms with Gasteiger partial charge in [0.05, 0.1) is 6.04 Å². The predicted molar refractivity (Wildman–Crippen MR) is 106 cm³/mol. The van der Waals surface area contributed by atoms with Crippen LogP contribution >= 0.6 is 0 Å². The molecule has 3 rings (SSSR count). The maximum absolute atomic E-state index is 12.9. The number of aliphatic hydroxyl groups excluding tert-OH is 1. The molecule has 0 spiro atoms. The summed E-state index contributed by atoms with van der Waals surface area (Å²) in [5.41, 5.74) is 1.24. The lowest BCUT2D eigenvalue weighted by molar-refractivity contribution is -0.141. The number of pyridine rings is 1. The molecule has 4 atom stereocenters. The smallest absolute Gasteiger partial charge is 0.258 e. The molecule has 0 radical (unpaired) electrons. The van der Waals surface area contributed by atoms with Crippen LogP contribution in [0.15, 0.2) is 23.0 Å². The summed E-state index contributed by atoms with van der Waals surface area (Å²) in [6.45, 7) is 6.31. The zero-order chi connectivity index (χ0) is 20.4. The van der Waals surface area contributed by atoms with E-state index in [1.807, 2.05) is 26.0 Å². The van der Waals surface area contributed by atoms with E-state index in [0.29, 0.717) is 18.7 Å². The highest BCUT2D eigenvalue weighted by atomic mass is 16.3. The Labute approximate surface area is 165 Å². The van der Waals surface area contributed by atoms with E-state index >= 15 is 0 Å². The summed E-state index contributed by atoms with van der Waals surface area (Å²) in [7, 11) is 0. The third-order valence-corrected chi connectivity index (χ3v) is 5.86. The van der Waals surface area contributed by atoms with Crippen LogP contribution in [-0.2, 0) is 16.1 Å². The standard InChI is InChI=1S/C21H29N3O4/c1-4-7-13-8-9-16-18-14(11-23(16)21(13)28)15(12-25)19(20(27)22-10-5-2)24(18)17(26)6-3/h4,7-9,14-15,18-19,25H,5-6,10-12H2,1-3H3,(H,22,27)/b7-4-/t14-,15-,18+,19-/m0/s1. The number of aliphatic hydroxyl groups is 1. The number of nitrogens with zero attached hydrogens (tertiary/aromatic N) is 2. The second kappa shape index (κ2) is 8.31. The number of fused-ring (bicyclic) bond motifs is 3. The Morgan fingerprint density at radius 1 is 1.32 bits per heavy atom. The molecular formula is C21H29N3O4. The first kappa shape index (κ1) is 20.3. The van der Waals surface area contributed by atoms with E-state index in [1.165, 1.54) is 0 Å². The molecular weight excluding hydrogens is 358 g/mol. The Morgan fingerprint density at radius 3 is 2.68 bits per heavy atom. The van der Waals surface area contributed by atoms with Crippen molar-refractivity contribution >= 4 is 17.9 Å². The summed E-state index contributed by atoms with van der Waals surface area (Å²) in [6, 6.07) is 2.56. The Morgan fingerprint density at radius 2 is 2.07 bits per heavy atom. The molecule has 152 valence electrons. The minimum absolute atomic E-state index is 0.0995. The molecule has 0 saturated carbocycles. The van der Waals surface area contributed by atoms with Gasteiger partial charge in [-0.15, -0.1) is 0 Å². The Balaban J connectivity index is 2.07. The predicted octanol–water partition coefficient (Wildman–Crippen LogP) is 1.31. The molecule has 28 heavy (non-hydrogen) atoms. The molecule has 2 amide bonds. The SMILES string of the molecule is C/C=C\c1ccc2n(c1=O)C[C@H]1[C@H](CO)[C@@H](C(=O)NCCC)N(C(=O)CC)[C@@H]21. The molecule has 7 nitrogen and oxygen atoms in total. The highest BCUT2D eigenvalue weighted by Gasteiger charge is 2.56. The molecule has 0 aliphatic carbocycles. The maximum atomic E-state index is 12.9. The first-order valence-corrected chi connectivity index (χ1v) is 10.1. The van der Waals surface area contributed by atoms with E-state index in [2.05, 4.69) is 5.32 Å². The van der Waals surface area contributed by atoms with Crippen molar-refractivity contribution in [1.82, 2.24) is 14.8 Å². The fourth-order valence-electron chi connectivity index (χ4n) is 4.63. The van der Waals surface area contributed by atoms with Crippen molar-refractivity contribution in [1.29, 1.82) is 0 Å². The lowest BCUT2D eigenvalue weighted by Crippen LogP contribution is -2.50. The average Bonchev–Trinajstić information content (AvgIpc) is 3.22. The van der Waals surface area contributed by atoms with Gasteiger partial charge in [-0.3, -0.25) is 14.4 Å². The van der Waals surface area contributed by atoms with Gasteiger partial charge in [0.2, 0.25) is 11.8 Å². The number of hydrogen-bond donors (Lipinski definition) is 2. The van der Waals surface area contributed by atoms with Crippen LogP contribution in [0.4, 0.5) is 0 Å². The molecule has 3 heterocycles. The summed E-state index contributed by atoms with van der Waals surface area (Å²) in [4.78, 5) is 40.2. The fraction of sp³-hybridized carbons (Fsp3) is 0.571. The molecule has 1 aromatic heterocycles. The number of amides is 2. The zero-order valence-corrected chi connectivity index (χ0v) is 16.7. The molecule has 1 fully saturated rings. The minimum Gasteiger partial charge on any atom is -0.396 e. The third kappa shape index (κ3) is 3.17. The lowest BCUT2D eigenvalue weighted by Gasteiger charge is -2.30. The van der Waals surface area contributed by atoms with Crippen LogP contribution in [0, 0.1) is 11.8 Å². The average molecular weight is 387 g/mol. The van der Waals surface area contributed by atoms with Crippen molar-refractivity contribution in [2.75, 3.05) is 13.2 Å². The number of allylic oxidation sites excluding steroid dienone is 1. The quantitative estimate of drug-likeness (QED) is 0.770. The Kier molecular flexibility index (Phi) is 6.03. The zero-order valence-electron chi connectivity index (χ0n) is 16.7. The van der Waals surface area contributed by atoms with Gasteiger partial charge in [0.15, 0.2) is 0 Å². The molecule has 1 saturated heterocycles. The van der Waals surface area contributed by atoms with Gasteiger partial charge in [-0.1, -0.05) is 26.0 Å². The summed E-state index contributed by atoms with van der Waals surface area (Å²) < 4.78 is 1.70. The van der Waals surface area contributed by atoms with E-state index in [0.717, 1.165) is 12.1 Å². The van der Waals surface area contributed by atoms with Crippen molar-refractivity contribution in [3.05, 3.63) is 39.8 Å². The van der Waals surface area contributed by atoms with Gasteiger partial charge < -0.3 is 19.9 Å². The van der Waals surface area contributed by atoms with Gasteiger partial charge >= 0.3 is 0 Å². The van der Waals surface area contributed by atoms with Gasteiger partial charge in [0.1, 0.15) is 6.04 Å². The van der Waals surface area contributed by atoms with Gasteiger partial charge in [-0.05, 0) is 25.5 Å². The highest BCUT2D eigenvalue weighted by molar-refractivity contribution is 5.89. The second-order valence-electron chi connectivity index (χ2n) is 7.47. The second-order valence-corrected chi connectivity index (χ2v) is 7.47. The van der Waals surface area contributed by atoms with Gasteiger partial charge in [-0.2, -0.15) is 0 Å². The van der Waals surface area contributed by atoms with Gasteiger partial charge in [-0.25, -0.2) is 0 Å². The van der Waals surface area contributed by atoms with Crippen molar-refractivity contribution in [2.24, 2.45) is 11.8 Å². The Bertz CT molecular complexity index is 845. The summed E-state index contributed by atoms with van der Waals surface area (Å²) in [6.07, 6.45) is 4.64.